The molecule has 1 heterocycles. The van der Waals surface area contributed by atoms with Crippen LogP contribution in [0.25, 0.3) is 0 Å². The molecule has 5 heteroatoms. The zero-order valence-corrected chi connectivity index (χ0v) is 12.0. The number of carboxylic acid groups (broad SMARTS) is 1. The second kappa shape index (κ2) is 5.76. The van der Waals surface area contributed by atoms with Crippen LogP contribution in [-0.4, -0.2) is 41.1 Å². The summed E-state index contributed by atoms with van der Waals surface area (Å²) in [6.07, 6.45) is 4.81. The molecule has 21 heavy (non-hydrogen) atoms. The highest BCUT2D eigenvalue weighted by Gasteiger charge is 2.37. The molecule has 0 atom stereocenters. The Hall–Kier alpha value is -2.04. The molecule has 0 unspecified atom stereocenters. The molecule has 0 bridgehead atoms. The Kier molecular flexibility index (Phi) is 3.82. The van der Waals surface area contributed by atoms with E-state index in [0.717, 1.165) is 37.8 Å². The highest BCUT2D eigenvalue weighted by atomic mass is 16.4. The first-order chi connectivity index (χ1) is 10.2. The SMILES string of the molecule is O=C(O)CN(C(=O)N1CCCCc2ccccc21)C1CC1. The van der Waals surface area contributed by atoms with E-state index in [0.29, 0.717) is 6.54 Å². The number of aryl methyl sites for hydroxylation is 1. The monoisotopic (exact) mass is 288 g/mol. The fraction of sp³-hybridized carbons (Fsp3) is 0.500. The molecule has 3 rings (SSSR count). The van der Waals surface area contributed by atoms with Gasteiger partial charge in [0, 0.05) is 18.3 Å². The number of urea groups is 1. The van der Waals surface area contributed by atoms with Gasteiger partial charge in [-0.1, -0.05) is 18.2 Å². The Balaban J connectivity index is 1.87. The van der Waals surface area contributed by atoms with E-state index in [9.17, 15) is 9.59 Å². The van der Waals surface area contributed by atoms with Gasteiger partial charge in [0.2, 0.25) is 0 Å². The minimum absolute atomic E-state index is 0.101. The zero-order chi connectivity index (χ0) is 14.8. The van der Waals surface area contributed by atoms with Gasteiger partial charge in [-0.25, -0.2) is 4.79 Å². The molecule has 1 aliphatic carbocycles. The quantitative estimate of drug-likeness (QED) is 0.929. The second-order valence-electron chi connectivity index (χ2n) is 5.77. The molecule has 1 aromatic rings. The number of carboxylic acids is 1. The second-order valence-corrected chi connectivity index (χ2v) is 5.77. The first-order valence-electron chi connectivity index (χ1n) is 7.54. The van der Waals surface area contributed by atoms with Crippen LogP contribution in [0, 0.1) is 0 Å². The van der Waals surface area contributed by atoms with E-state index >= 15 is 0 Å². The van der Waals surface area contributed by atoms with Crippen molar-refractivity contribution in [2.24, 2.45) is 0 Å². The molecule has 5 nitrogen and oxygen atoms in total. The third-order valence-corrected chi connectivity index (χ3v) is 4.13. The highest BCUT2D eigenvalue weighted by molar-refractivity contribution is 5.95. The Morgan fingerprint density at radius 3 is 2.71 bits per heavy atom. The lowest BCUT2D eigenvalue weighted by Gasteiger charge is -2.30. The molecule has 2 aliphatic rings. The van der Waals surface area contributed by atoms with E-state index in [2.05, 4.69) is 6.07 Å². The first-order valence-corrected chi connectivity index (χ1v) is 7.54. The van der Waals surface area contributed by atoms with Crippen molar-refractivity contribution in [3.63, 3.8) is 0 Å². The van der Waals surface area contributed by atoms with Crippen molar-refractivity contribution in [2.45, 2.75) is 38.1 Å². The molecule has 0 spiro atoms. The van der Waals surface area contributed by atoms with Crippen LogP contribution < -0.4 is 4.90 Å². The molecule has 112 valence electrons. The Morgan fingerprint density at radius 1 is 1.24 bits per heavy atom. The summed E-state index contributed by atoms with van der Waals surface area (Å²) in [4.78, 5) is 27.1. The Morgan fingerprint density at radius 2 is 2.00 bits per heavy atom. The predicted octanol–water partition coefficient (Wildman–Crippen LogP) is 2.50. The van der Waals surface area contributed by atoms with Gasteiger partial charge in [0.1, 0.15) is 6.54 Å². The number of nitrogens with zero attached hydrogens (tertiary/aromatic N) is 2. The number of fused-ring (bicyclic) bond motifs is 1. The van der Waals surface area contributed by atoms with E-state index in [-0.39, 0.29) is 18.6 Å². The van der Waals surface area contributed by atoms with E-state index in [1.807, 2.05) is 18.2 Å². The average Bonchev–Trinajstić information content (AvgIpc) is 3.30. The fourth-order valence-corrected chi connectivity index (χ4v) is 2.93. The first kappa shape index (κ1) is 13.9. The molecule has 1 aliphatic heterocycles. The number of hydrogen-bond donors (Lipinski definition) is 1. The van der Waals surface area contributed by atoms with Crippen LogP contribution in [0.15, 0.2) is 24.3 Å². The molecule has 0 saturated heterocycles. The molecule has 2 amide bonds. The minimum Gasteiger partial charge on any atom is -0.480 e. The van der Waals surface area contributed by atoms with Crippen molar-refractivity contribution < 1.29 is 14.7 Å². The van der Waals surface area contributed by atoms with Crippen molar-refractivity contribution in [2.75, 3.05) is 18.0 Å². The van der Waals surface area contributed by atoms with Gasteiger partial charge in [0.25, 0.3) is 0 Å². The molecule has 0 aromatic heterocycles. The summed E-state index contributed by atoms with van der Waals surface area (Å²) >= 11 is 0. The normalized spacial score (nSPS) is 17.8. The van der Waals surface area contributed by atoms with Gasteiger partial charge >= 0.3 is 12.0 Å². The largest absolute Gasteiger partial charge is 0.480 e. The number of anilines is 1. The van der Waals surface area contributed by atoms with E-state index < -0.39 is 5.97 Å². The van der Waals surface area contributed by atoms with Gasteiger partial charge in [-0.3, -0.25) is 9.69 Å². The van der Waals surface area contributed by atoms with Crippen LogP contribution in [0.4, 0.5) is 10.5 Å². The van der Waals surface area contributed by atoms with E-state index in [1.165, 1.54) is 10.5 Å². The molecule has 1 fully saturated rings. The van der Waals surface area contributed by atoms with E-state index in [1.54, 1.807) is 4.90 Å². The number of aliphatic carboxylic acids is 1. The van der Waals surface area contributed by atoms with Gasteiger partial charge in [0.05, 0.1) is 0 Å². The van der Waals surface area contributed by atoms with Crippen molar-refractivity contribution in [1.82, 2.24) is 4.90 Å². The van der Waals surface area contributed by atoms with Crippen LogP contribution in [0.1, 0.15) is 31.2 Å². The summed E-state index contributed by atoms with van der Waals surface area (Å²) in [7, 11) is 0. The fourth-order valence-electron chi connectivity index (χ4n) is 2.93. The molecule has 0 radical (unpaired) electrons. The zero-order valence-electron chi connectivity index (χ0n) is 12.0. The number of benzene rings is 1. The third-order valence-electron chi connectivity index (χ3n) is 4.13. The number of amides is 2. The highest BCUT2D eigenvalue weighted by Crippen LogP contribution is 2.31. The lowest BCUT2D eigenvalue weighted by Crippen LogP contribution is -2.47. The van der Waals surface area contributed by atoms with Crippen molar-refractivity contribution in [3.8, 4) is 0 Å². The maximum Gasteiger partial charge on any atom is 0.325 e. The lowest BCUT2D eigenvalue weighted by atomic mass is 10.1. The number of para-hydroxylation sites is 1. The van der Waals surface area contributed by atoms with Crippen molar-refractivity contribution in [1.29, 1.82) is 0 Å². The van der Waals surface area contributed by atoms with Crippen LogP contribution in [-0.2, 0) is 11.2 Å². The average molecular weight is 288 g/mol. The molecular weight excluding hydrogens is 268 g/mol. The van der Waals surface area contributed by atoms with Crippen LogP contribution in [0.2, 0.25) is 0 Å². The summed E-state index contributed by atoms with van der Waals surface area (Å²) in [6.45, 7) is 0.459. The molecule has 1 aromatic carbocycles. The lowest BCUT2D eigenvalue weighted by molar-refractivity contribution is -0.137. The van der Waals surface area contributed by atoms with Crippen molar-refractivity contribution >= 4 is 17.7 Å². The topological polar surface area (TPSA) is 60.9 Å². The summed E-state index contributed by atoms with van der Waals surface area (Å²) in [5.41, 5.74) is 2.12. The summed E-state index contributed by atoms with van der Waals surface area (Å²) in [5, 5.41) is 9.05. The van der Waals surface area contributed by atoms with Gasteiger partial charge in [-0.15, -0.1) is 0 Å². The summed E-state index contributed by atoms with van der Waals surface area (Å²) < 4.78 is 0. The van der Waals surface area contributed by atoms with Gasteiger partial charge in [0.15, 0.2) is 0 Å². The van der Waals surface area contributed by atoms with Gasteiger partial charge in [-0.2, -0.15) is 0 Å². The molecular formula is C16H20N2O3. The molecule has 1 saturated carbocycles. The number of carbonyl (C=O) groups is 2. The predicted molar refractivity (Wildman–Crippen MR) is 79.5 cm³/mol. The van der Waals surface area contributed by atoms with Crippen LogP contribution in [0.5, 0.6) is 0 Å². The number of hydrogen-bond acceptors (Lipinski definition) is 2. The minimum atomic E-state index is -0.946. The van der Waals surface area contributed by atoms with Crippen LogP contribution >= 0.6 is 0 Å². The number of rotatable bonds is 3. The standard InChI is InChI=1S/C16H20N2O3/c19-15(20)11-18(13-8-9-13)16(21)17-10-4-3-6-12-5-1-2-7-14(12)17/h1-2,5,7,13H,3-4,6,8-11H2,(H,19,20). The third kappa shape index (κ3) is 3.01. The van der Waals surface area contributed by atoms with E-state index in [4.69, 9.17) is 5.11 Å². The summed E-state index contributed by atoms with van der Waals surface area (Å²) in [5.74, 6) is -0.946. The maximum atomic E-state index is 12.8. The Labute approximate surface area is 124 Å². The maximum absolute atomic E-state index is 12.8. The van der Waals surface area contributed by atoms with Gasteiger partial charge in [-0.05, 0) is 43.7 Å². The molecule has 1 N–H and O–H groups in total. The van der Waals surface area contributed by atoms with Gasteiger partial charge < -0.3 is 10.0 Å². The smallest absolute Gasteiger partial charge is 0.325 e. The Bertz CT molecular complexity index is 554. The summed E-state index contributed by atoms with van der Waals surface area (Å²) in [6, 6.07) is 7.88. The van der Waals surface area contributed by atoms with Crippen molar-refractivity contribution in [3.05, 3.63) is 29.8 Å². The number of carbonyl (C=O) groups excluding carboxylic acids is 1. The van der Waals surface area contributed by atoms with Crippen LogP contribution in [0.3, 0.4) is 0 Å².